The van der Waals surface area contributed by atoms with Crippen LogP contribution in [-0.2, 0) is 11.2 Å². The highest BCUT2D eigenvalue weighted by molar-refractivity contribution is 9.10. The Kier molecular flexibility index (Phi) is 3.98. The zero-order valence-corrected chi connectivity index (χ0v) is 12.5. The van der Waals surface area contributed by atoms with Crippen LogP contribution in [0.3, 0.4) is 0 Å². The third-order valence-corrected chi connectivity index (χ3v) is 4.96. The molecule has 16 heavy (non-hydrogen) atoms. The van der Waals surface area contributed by atoms with Gasteiger partial charge >= 0.3 is 0 Å². The van der Waals surface area contributed by atoms with Crippen molar-refractivity contribution in [2.45, 2.75) is 39.7 Å². The summed E-state index contributed by atoms with van der Waals surface area (Å²) in [5.41, 5.74) is 5.03. The van der Waals surface area contributed by atoms with Gasteiger partial charge in [-0.2, -0.15) is 0 Å². The standard InChI is InChI=1S/C12H18BrNOS/c1-11(2,12(3,4)14)10(15)6-9-5-8(13)7-16-9/h5,7H,6,14H2,1-4H3. The second-order valence-electron chi connectivity index (χ2n) is 5.18. The largest absolute Gasteiger partial charge is 0.325 e. The molecule has 0 atom stereocenters. The van der Waals surface area contributed by atoms with Gasteiger partial charge in [0.1, 0.15) is 5.78 Å². The Morgan fingerprint density at radius 2 is 2.00 bits per heavy atom. The molecule has 90 valence electrons. The lowest BCUT2D eigenvalue weighted by atomic mass is 9.71. The summed E-state index contributed by atoms with van der Waals surface area (Å²) in [4.78, 5) is 13.3. The smallest absolute Gasteiger partial charge is 0.145 e. The maximum absolute atomic E-state index is 12.2. The van der Waals surface area contributed by atoms with Gasteiger partial charge in [-0.1, -0.05) is 13.8 Å². The molecule has 2 nitrogen and oxygen atoms in total. The molecule has 1 heterocycles. The van der Waals surface area contributed by atoms with Gasteiger partial charge < -0.3 is 5.73 Å². The van der Waals surface area contributed by atoms with Gasteiger partial charge in [0.25, 0.3) is 0 Å². The highest BCUT2D eigenvalue weighted by Crippen LogP contribution is 2.31. The number of carbonyl (C=O) groups is 1. The first-order valence-corrected chi connectivity index (χ1v) is 6.87. The van der Waals surface area contributed by atoms with Crippen molar-refractivity contribution in [3.05, 3.63) is 20.8 Å². The molecule has 1 aromatic heterocycles. The van der Waals surface area contributed by atoms with E-state index in [9.17, 15) is 4.79 Å². The molecule has 0 bridgehead atoms. The molecule has 0 amide bonds. The van der Waals surface area contributed by atoms with Crippen molar-refractivity contribution >= 4 is 33.0 Å². The molecule has 0 aliphatic heterocycles. The number of ketones is 1. The minimum Gasteiger partial charge on any atom is -0.325 e. The van der Waals surface area contributed by atoms with E-state index in [0.29, 0.717) is 6.42 Å². The molecule has 0 aromatic carbocycles. The van der Waals surface area contributed by atoms with Crippen molar-refractivity contribution in [3.63, 3.8) is 0 Å². The average molecular weight is 304 g/mol. The fraction of sp³-hybridized carbons (Fsp3) is 0.583. The predicted octanol–water partition coefficient (Wildman–Crippen LogP) is 3.39. The Bertz CT molecular complexity index is 390. The molecule has 2 N–H and O–H groups in total. The molecular formula is C12H18BrNOS. The lowest BCUT2D eigenvalue weighted by Crippen LogP contribution is -2.52. The second kappa shape index (κ2) is 4.59. The quantitative estimate of drug-likeness (QED) is 0.926. The van der Waals surface area contributed by atoms with Gasteiger partial charge in [0.05, 0.1) is 0 Å². The van der Waals surface area contributed by atoms with E-state index in [-0.39, 0.29) is 5.78 Å². The Balaban J connectivity index is 2.80. The maximum atomic E-state index is 12.2. The first-order valence-electron chi connectivity index (χ1n) is 5.19. The van der Waals surface area contributed by atoms with Gasteiger partial charge in [-0.3, -0.25) is 4.79 Å². The van der Waals surface area contributed by atoms with Gasteiger partial charge in [-0.05, 0) is 35.8 Å². The summed E-state index contributed by atoms with van der Waals surface area (Å²) >= 11 is 4.98. The first kappa shape index (κ1) is 13.9. The van der Waals surface area contributed by atoms with E-state index < -0.39 is 11.0 Å². The van der Waals surface area contributed by atoms with Crippen LogP contribution in [0.5, 0.6) is 0 Å². The molecule has 4 heteroatoms. The number of hydrogen-bond donors (Lipinski definition) is 1. The van der Waals surface area contributed by atoms with E-state index in [2.05, 4.69) is 15.9 Å². The van der Waals surface area contributed by atoms with Crippen LogP contribution in [0.1, 0.15) is 32.6 Å². The number of rotatable bonds is 4. The van der Waals surface area contributed by atoms with Crippen LogP contribution in [0.2, 0.25) is 0 Å². The summed E-state index contributed by atoms with van der Waals surface area (Å²) in [5, 5.41) is 1.99. The van der Waals surface area contributed by atoms with E-state index in [4.69, 9.17) is 5.73 Å². The van der Waals surface area contributed by atoms with Crippen LogP contribution in [-0.4, -0.2) is 11.3 Å². The van der Waals surface area contributed by atoms with Crippen molar-refractivity contribution in [3.8, 4) is 0 Å². The van der Waals surface area contributed by atoms with Crippen molar-refractivity contribution in [2.75, 3.05) is 0 Å². The van der Waals surface area contributed by atoms with E-state index in [1.54, 1.807) is 11.3 Å². The normalized spacial score (nSPS) is 12.9. The lowest BCUT2D eigenvalue weighted by Gasteiger charge is -2.37. The number of hydrogen-bond acceptors (Lipinski definition) is 3. The summed E-state index contributed by atoms with van der Waals surface area (Å²) < 4.78 is 1.03. The molecule has 0 aliphatic carbocycles. The Labute approximate surface area is 109 Å². The topological polar surface area (TPSA) is 43.1 Å². The molecular weight excluding hydrogens is 286 g/mol. The Hall–Kier alpha value is -0.190. The maximum Gasteiger partial charge on any atom is 0.145 e. The van der Waals surface area contributed by atoms with Gasteiger partial charge in [0, 0.05) is 32.1 Å². The van der Waals surface area contributed by atoms with Crippen molar-refractivity contribution in [1.82, 2.24) is 0 Å². The molecule has 0 aliphatic rings. The third kappa shape index (κ3) is 2.93. The number of carbonyl (C=O) groups excluding carboxylic acids is 1. The minimum atomic E-state index is -0.510. The fourth-order valence-electron chi connectivity index (χ4n) is 1.19. The van der Waals surface area contributed by atoms with Crippen molar-refractivity contribution in [2.24, 2.45) is 11.1 Å². The van der Waals surface area contributed by atoms with E-state index in [1.807, 2.05) is 39.1 Å². The molecule has 0 radical (unpaired) electrons. The number of Topliss-reactive ketones (excluding diaryl/α,β-unsaturated/α-hetero) is 1. The van der Waals surface area contributed by atoms with E-state index in [0.717, 1.165) is 9.35 Å². The summed E-state index contributed by atoms with van der Waals surface area (Å²) in [6, 6.07) is 1.99. The van der Waals surface area contributed by atoms with Crippen molar-refractivity contribution in [1.29, 1.82) is 0 Å². The number of nitrogens with two attached hydrogens (primary N) is 1. The molecule has 0 saturated heterocycles. The minimum absolute atomic E-state index is 0.189. The van der Waals surface area contributed by atoms with Crippen LogP contribution in [0.4, 0.5) is 0 Å². The SMILES string of the molecule is CC(C)(N)C(C)(C)C(=O)Cc1cc(Br)cs1. The van der Waals surface area contributed by atoms with E-state index in [1.165, 1.54) is 0 Å². The first-order chi connectivity index (χ1) is 7.14. The van der Waals surface area contributed by atoms with Crippen LogP contribution in [0, 0.1) is 5.41 Å². The second-order valence-corrected chi connectivity index (χ2v) is 7.09. The molecule has 1 aromatic rings. The van der Waals surface area contributed by atoms with Crippen LogP contribution in [0.25, 0.3) is 0 Å². The van der Waals surface area contributed by atoms with Crippen molar-refractivity contribution < 1.29 is 4.79 Å². The fourth-order valence-corrected chi connectivity index (χ4v) is 2.63. The third-order valence-electron chi connectivity index (χ3n) is 3.26. The van der Waals surface area contributed by atoms with Gasteiger partial charge in [-0.25, -0.2) is 0 Å². The Morgan fingerprint density at radius 3 is 2.38 bits per heavy atom. The molecule has 1 rings (SSSR count). The van der Waals surface area contributed by atoms with Crippen LogP contribution in [0.15, 0.2) is 15.9 Å². The average Bonchev–Trinajstić information content (AvgIpc) is 2.49. The predicted molar refractivity (Wildman–Crippen MR) is 72.8 cm³/mol. The zero-order valence-electron chi connectivity index (χ0n) is 10.1. The molecule has 0 fully saturated rings. The van der Waals surface area contributed by atoms with Gasteiger partial charge in [0.2, 0.25) is 0 Å². The van der Waals surface area contributed by atoms with E-state index >= 15 is 0 Å². The lowest BCUT2D eigenvalue weighted by molar-refractivity contribution is -0.129. The van der Waals surface area contributed by atoms with Gasteiger partial charge in [0.15, 0.2) is 0 Å². The monoisotopic (exact) mass is 303 g/mol. The molecule has 0 saturated carbocycles. The highest BCUT2D eigenvalue weighted by atomic mass is 79.9. The summed E-state index contributed by atoms with van der Waals surface area (Å²) in [5.74, 6) is 0.189. The molecule has 0 unspecified atom stereocenters. The summed E-state index contributed by atoms with van der Waals surface area (Å²) in [6.45, 7) is 7.63. The summed E-state index contributed by atoms with van der Waals surface area (Å²) in [7, 11) is 0. The zero-order chi connectivity index (χ0) is 12.6. The number of thiophene rings is 1. The molecule has 0 spiro atoms. The van der Waals surface area contributed by atoms with Gasteiger partial charge in [-0.15, -0.1) is 11.3 Å². The number of halogens is 1. The van der Waals surface area contributed by atoms with Crippen LogP contribution >= 0.6 is 27.3 Å². The van der Waals surface area contributed by atoms with Crippen LogP contribution < -0.4 is 5.73 Å². The Morgan fingerprint density at radius 1 is 1.44 bits per heavy atom. The summed E-state index contributed by atoms with van der Waals surface area (Å²) in [6.07, 6.45) is 0.462. The highest BCUT2D eigenvalue weighted by Gasteiger charge is 2.39.